The molecule has 0 fully saturated rings. The molecule has 0 bridgehead atoms. The van der Waals surface area contributed by atoms with Gasteiger partial charge in [0.25, 0.3) is 6.01 Å². The van der Waals surface area contributed by atoms with Crippen LogP contribution in [-0.4, -0.2) is 9.97 Å². The van der Waals surface area contributed by atoms with Crippen LogP contribution in [0.3, 0.4) is 0 Å². The summed E-state index contributed by atoms with van der Waals surface area (Å²) in [4.78, 5) is 6.59. The van der Waals surface area contributed by atoms with E-state index in [-0.39, 0.29) is 5.82 Å². The molecule has 1 aromatic carbocycles. The second-order valence-corrected chi connectivity index (χ2v) is 2.45. The average Bonchev–Trinajstić information content (AvgIpc) is 2.57. The van der Waals surface area contributed by atoms with Crippen LogP contribution in [0.25, 0.3) is 0 Å². The molecule has 0 aliphatic carbocycles. The molecule has 4 heteroatoms. The molecule has 0 spiro atoms. The number of H-pyrrole nitrogens is 1. The summed E-state index contributed by atoms with van der Waals surface area (Å²) in [5.41, 5.74) is 0. The van der Waals surface area contributed by atoms with Crippen LogP contribution in [0.4, 0.5) is 4.39 Å². The van der Waals surface area contributed by atoms with Crippen molar-refractivity contribution in [1.82, 2.24) is 9.97 Å². The fourth-order valence-electron chi connectivity index (χ4n) is 0.949. The van der Waals surface area contributed by atoms with Crippen molar-refractivity contribution in [3.63, 3.8) is 0 Å². The zero-order valence-electron chi connectivity index (χ0n) is 6.70. The van der Waals surface area contributed by atoms with E-state index in [4.69, 9.17) is 4.74 Å². The summed E-state index contributed by atoms with van der Waals surface area (Å²) >= 11 is 0. The number of benzene rings is 1. The van der Waals surface area contributed by atoms with Crippen LogP contribution >= 0.6 is 0 Å². The van der Waals surface area contributed by atoms with Crippen molar-refractivity contribution in [3.8, 4) is 11.8 Å². The first-order chi connectivity index (χ1) is 6.34. The molecule has 2 aromatic rings. The van der Waals surface area contributed by atoms with Crippen molar-refractivity contribution in [2.45, 2.75) is 0 Å². The van der Waals surface area contributed by atoms with Gasteiger partial charge in [-0.25, -0.2) is 9.37 Å². The Morgan fingerprint density at radius 1 is 1.38 bits per heavy atom. The van der Waals surface area contributed by atoms with Gasteiger partial charge in [-0.1, -0.05) is 6.07 Å². The zero-order valence-corrected chi connectivity index (χ0v) is 6.70. The van der Waals surface area contributed by atoms with Gasteiger partial charge in [0.05, 0.1) is 0 Å². The summed E-state index contributed by atoms with van der Waals surface area (Å²) < 4.78 is 17.9. The molecule has 0 aliphatic heterocycles. The molecule has 3 nitrogen and oxygen atoms in total. The summed E-state index contributed by atoms with van der Waals surface area (Å²) in [5.74, 6) is 0.0963. The highest BCUT2D eigenvalue weighted by Gasteiger charge is 1.98. The van der Waals surface area contributed by atoms with Gasteiger partial charge in [-0.05, 0) is 12.1 Å². The molecule has 0 saturated carbocycles. The minimum absolute atomic E-state index is 0.330. The lowest BCUT2D eigenvalue weighted by molar-refractivity contribution is 0.443. The highest BCUT2D eigenvalue weighted by atomic mass is 19.1. The Labute approximate surface area is 74.2 Å². The molecule has 0 saturated heterocycles. The predicted octanol–water partition coefficient (Wildman–Crippen LogP) is 2.34. The maximum atomic E-state index is 12.7. The van der Waals surface area contributed by atoms with Crippen LogP contribution in [0, 0.1) is 5.82 Å². The largest absolute Gasteiger partial charge is 0.426 e. The fraction of sp³-hybridized carbons (Fsp3) is 0. The van der Waals surface area contributed by atoms with Gasteiger partial charge in [0.1, 0.15) is 11.6 Å². The average molecular weight is 178 g/mol. The molecule has 1 heterocycles. The number of aromatic nitrogens is 2. The second-order valence-electron chi connectivity index (χ2n) is 2.45. The highest BCUT2D eigenvalue weighted by molar-refractivity contribution is 5.25. The minimum atomic E-state index is -0.330. The molecule has 66 valence electrons. The van der Waals surface area contributed by atoms with Gasteiger partial charge in [-0.15, -0.1) is 0 Å². The molecule has 1 aromatic heterocycles. The first kappa shape index (κ1) is 7.79. The van der Waals surface area contributed by atoms with E-state index in [0.29, 0.717) is 11.8 Å². The number of halogens is 1. The predicted molar refractivity (Wildman–Crippen MR) is 45.1 cm³/mol. The summed E-state index contributed by atoms with van der Waals surface area (Å²) in [6.07, 6.45) is 3.20. The van der Waals surface area contributed by atoms with Crippen molar-refractivity contribution in [1.29, 1.82) is 0 Å². The number of nitrogens with zero attached hydrogens (tertiary/aromatic N) is 1. The van der Waals surface area contributed by atoms with Crippen LogP contribution in [0.15, 0.2) is 36.7 Å². The third-order valence-corrected chi connectivity index (χ3v) is 1.48. The molecule has 0 amide bonds. The number of hydrogen-bond donors (Lipinski definition) is 1. The van der Waals surface area contributed by atoms with E-state index in [1.54, 1.807) is 24.5 Å². The summed E-state index contributed by atoms with van der Waals surface area (Å²) in [7, 11) is 0. The Morgan fingerprint density at radius 2 is 2.31 bits per heavy atom. The monoisotopic (exact) mass is 178 g/mol. The van der Waals surface area contributed by atoms with Crippen LogP contribution < -0.4 is 4.74 Å². The number of imidazole rings is 1. The smallest absolute Gasteiger partial charge is 0.299 e. The van der Waals surface area contributed by atoms with Crippen LogP contribution in [0.2, 0.25) is 0 Å². The molecule has 13 heavy (non-hydrogen) atoms. The van der Waals surface area contributed by atoms with E-state index < -0.39 is 0 Å². The first-order valence-corrected chi connectivity index (χ1v) is 3.77. The van der Waals surface area contributed by atoms with Crippen LogP contribution in [0.1, 0.15) is 0 Å². The number of nitrogens with one attached hydrogen (secondary N) is 1. The first-order valence-electron chi connectivity index (χ1n) is 3.77. The Hall–Kier alpha value is -1.84. The van der Waals surface area contributed by atoms with Crippen molar-refractivity contribution in [2.24, 2.45) is 0 Å². The number of ether oxygens (including phenoxy) is 1. The van der Waals surface area contributed by atoms with E-state index in [9.17, 15) is 4.39 Å². The summed E-state index contributed by atoms with van der Waals surface area (Å²) in [6, 6.07) is 6.24. The van der Waals surface area contributed by atoms with Crippen molar-refractivity contribution in [3.05, 3.63) is 42.5 Å². The van der Waals surface area contributed by atoms with Crippen molar-refractivity contribution >= 4 is 0 Å². The molecule has 0 aliphatic rings. The van der Waals surface area contributed by atoms with Gasteiger partial charge in [0.15, 0.2) is 0 Å². The van der Waals surface area contributed by atoms with Gasteiger partial charge in [-0.3, -0.25) is 0 Å². The van der Waals surface area contributed by atoms with Crippen molar-refractivity contribution in [2.75, 3.05) is 0 Å². The van der Waals surface area contributed by atoms with E-state index in [1.807, 2.05) is 0 Å². The standard InChI is InChI=1S/C9H7FN2O/c10-7-2-1-3-8(6-7)13-9-11-4-5-12-9/h1-6H,(H,11,12). The quantitative estimate of drug-likeness (QED) is 0.766. The lowest BCUT2D eigenvalue weighted by Crippen LogP contribution is -1.86. The fourth-order valence-corrected chi connectivity index (χ4v) is 0.949. The Bertz CT molecular complexity index is 386. The van der Waals surface area contributed by atoms with E-state index >= 15 is 0 Å². The molecule has 1 N–H and O–H groups in total. The maximum absolute atomic E-state index is 12.7. The molecule has 0 unspecified atom stereocenters. The Kier molecular flexibility index (Phi) is 1.96. The van der Waals surface area contributed by atoms with Crippen molar-refractivity contribution < 1.29 is 9.13 Å². The molecule has 0 atom stereocenters. The normalized spacial score (nSPS) is 9.92. The minimum Gasteiger partial charge on any atom is -0.426 e. The Morgan fingerprint density at radius 3 is 3.00 bits per heavy atom. The van der Waals surface area contributed by atoms with Gasteiger partial charge in [-0.2, -0.15) is 0 Å². The molecule has 2 rings (SSSR count). The zero-order chi connectivity index (χ0) is 9.10. The second kappa shape index (κ2) is 3.26. The maximum Gasteiger partial charge on any atom is 0.299 e. The van der Waals surface area contributed by atoms with E-state index in [1.165, 1.54) is 12.1 Å². The van der Waals surface area contributed by atoms with Gasteiger partial charge in [0.2, 0.25) is 0 Å². The van der Waals surface area contributed by atoms with Crippen LogP contribution in [0.5, 0.6) is 11.8 Å². The third kappa shape index (κ3) is 1.84. The number of aromatic amines is 1. The summed E-state index contributed by atoms with van der Waals surface area (Å²) in [5, 5.41) is 0. The molecular formula is C9H7FN2O. The van der Waals surface area contributed by atoms with Gasteiger partial charge >= 0.3 is 0 Å². The highest BCUT2D eigenvalue weighted by Crippen LogP contribution is 2.17. The van der Waals surface area contributed by atoms with E-state index in [0.717, 1.165) is 0 Å². The summed E-state index contributed by atoms with van der Waals surface area (Å²) in [6.45, 7) is 0. The third-order valence-electron chi connectivity index (χ3n) is 1.48. The lowest BCUT2D eigenvalue weighted by Gasteiger charge is -2.00. The topological polar surface area (TPSA) is 37.9 Å². The van der Waals surface area contributed by atoms with Crippen LogP contribution in [-0.2, 0) is 0 Å². The van der Waals surface area contributed by atoms with Gasteiger partial charge in [0, 0.05) is 18.5 Å². The molecular weight excluding hydrogens is 171 g/mol. The number of rotatable bonds is 2. The van der Waals surface area contributed by atoms with Gasteiger partial charge < -0.3 is 9.72 Å². The lowest BCUT2D eigenvalue weighted by atomic mass is 10.3. The Balaban J connectivity index is 2.19. The van der Waals surface area contributed by atoms with E-state index in [2.05, 4.69) is 9.97 Å². The number of hydrogen-bond acceptors (Lipinski definition) is 2. The molecule has 0 radical (unpaired) electrons. The SMILES string of the molecule is Fc1cccc(Oc2ncc[nH]2)c1.